The van der Waals surface area contributed by atoms with E-state index >= 15 is 0 Å². The van der Waals surface area contributed by atoms with Gasteiger partial charge in [-0.15, -0.1) is 0 Å². The van der Waals surface area contributed by atoms with Gasteiger partial charge in [0.25, 0.3) is 0 Å². The summed E-state index contributed by atoms with van der Waals surface area (Å²) in [7, 11) is 0. The molecule has 8 amide bonds. The lowest BCUT2D eigenvalue weighted by Gasteiger charge is -2.27. The van der Waals surface area contributed by atoms with Crippen LogP contribution in [-0.2, 0) is 44.8 Å². The van der Waals surface area contributed by atoms with Gasteiger partial charge in [-0.1, -0.05) is 39.8 Å². The molecule has 0 aliphatic heterocycles. The molecule has 0 aromatic heterocycles. The second-order valence-electron chi connectivity index (χ2n) is 15.4. The fraction of sp³-hybridized carbons (Fsp3) is 0.641. The first-order valence-electron chi connectivity index (χ1n) is 20.1. The molecule has 7 atom stereocenters. The van der Waals surface area contributed by atoms with E-state index in [1.165, 1.54) is 31.2 Å². The van der Waals surface area contributed by atoms with Crippen molar-refractivity contribution in [3.8, 4) is 5.75 Å². The summed E-state index contributed by atoms with van der Waals surface area (Å²) in [5.74, 6) is -6.57. The molecule has 1 aromatic rings. The van der Waals surface area contributed by atoms with Gasteiger partial charge in [0.05, 0.1) is 13.2 Å². The minimum atomic E-state index is -1.61. The van der Waals surface area contributed by atoms with Crippen molar-refractivity contribution in [2.75, 3.05) is 26.3 Å². The first-order valence-corrected chi connectivity index (χ1v) is 20.1. The number of hydrogen-bond acceptors (Lipinski definition) is 13. The van der Waals surface area contributed by atoms with E-state index in [0.717, 1.165) is 0 Å². The fourth-order valence-electron chi connectivity index (χ4n) is 5.81. The van der Waals surface area contributed by atoms with E-state index in [0.29, 0.717) is 18.4 Å². The van der Waals surface area contributed by atoms with Gasteiger partial charge < -0.3 is 69.7 Å². The molecule has 0 heterocycles. The maximum Gasteiger partial charge on any atom is 0.245 e. The summed E-state index contributed by atoms with van der Waals surface area (Å²) in [5.41, 5.74) is 16.9. The molecule has 21 heteroatoms. The van der Waals surface area contributed by atoms with Gasteiger partial charge in [-0.2, -0.15) is 0 Å². The Morgan fingerprint density at radius 3 is 1.50 bits per heavy atom. The van der Waals surface area contributed by atoms with Gasteiger partial charge in [-0.05, 0) is 75.1 Å². The summed E-state index contributed by atoms with van der Waals surface area (Å²) in [4.78, 5) is 104. The zero-order valence-electron chi connectivity index (χ0n) is 35.1. The molecule has 21 nitrogen and oxygen atoms in total. The number of aliphatic hydroxyl groups excluding tert-OH is 2. The van der Waals surface area contributed by atoms with Crippen LogP contribution in [0.3, 0.4) is 0 Å². The van der Waals surface area contributed by atoms with Crippen LogP contribution in [0.1, 0.15) is 78.7 Å². The van der Waals surface area contributed by atoms with E-state index in [-0.39, 0.29) is 62.8 Å². The normalized spacial score (nSPS) is 14.7. The quantitative estimate of drug-likeness (QED) is 0.0363. The lowest BCUT2D eigenvalue weighted by molar-refractivity contribution is -0.136. The third kappa shape index (κ3) is 19.6. The summed E-state index contributed by atoms with van der Waals surface area (Å²) < 4.78 is 0. The molecule has 338 valence electrons. The summed E-state index contributed by atoms with van der Waals surface area (Å²) in [6, 6.07) is -3.26. The average molecular weight is 851 g/mol. The van der Waals surface area contributed by atoms with E-state index < -0.39 is 103 Å². The molecule has 0 spiro atoms. The number of benzene rings is 1. The van der Waals surface area contributed by atoms with Crippen LogP contribution in [0.5, 0.6) is 5.75 Å². The Labute approximate surface area is 350 Å². The molecule has 0 unspecified atom stereocenters. The van der Waals surface area contributed by atoms with E-state index in [1.54, 1.807) is 13.8 Å². The number of hydrogen-bond donors (Lipinski definition) is 13. The van der Waals surface area contributed by atoms with Crippen molar-refractivity contribution >= 4 is 47.3 Å². The Balaban J connectivity index is 3.21. The maximum absolute atomic E-state index is 13.7. The first-order chi connectivity index (χ1) is 28.3. The van der Waals surface area contributed by atoms with Crippen molar-refractivity contribution in [2.24, 2.45) is 29.0 Å². The van der Waals surface area contributed by atoms with Crippen LogP contribution < -0.4 is 54.4 Å². The van der Waals surface area contributed by atoms with Crippen LogP contribution in [0.2, 0.25) is 0 Å². The predicted octanol–water partition coefficient (Wildman–Crippen LogP) is -3.61. The largest absolute Gasteiger partial charge is 0.508 e. The van der Waals surface area contributed by atoms with Gasteiger partial charge in [0.2, 0.25) is 47.3 Å². The summed E-state index contributed by atoms with van der Waals surface area (Å²) in [6.45, 7) is 7.21. The molecule has 0 saturated heterocycles. The number of aromatic hydroxyl groups is 1. The maximum atomic E-state index is 13.7. The molecular formula is C39H66N10O11. The highest BCUT2D eigenvalue weighted by atomic mass is 16.3. The molecular weight excluding hydrogens is 784 g/mol. The van der Waals surface area contributed by atoms with Crippen molar-refractivity contribution < 1.29 is 53.7 Å². The van der Waals surface area contributed by atoms with Gasteiger partial charge in [-0.25, -0.2) is 0 Å². The number of aliphatic hydroxyl groups is 2. The molecule has 0 aliphatic rings. The second kappa shape index (κ2) is 27.4. The zero-order chi connectivity index (χ0) is 45.5. The third-order valence-corrected chi connectivity index (χ3v) is 9.07. The number of carbonyl (C=O) groups is 8. The second-order valence-corrected chi connectivity index (χ2v) is 15.4. The highest BCUT2D eigenvalue weighted by Crippen LogP contribution is 2.13. The Morgan fingerprint density at radius 1 is 0.550 bits per heavy atom. The number of amides is 8. The molecule has 60 heavy (non-hydrogen) atoms. The molecule has 0 aliphatic carbocycles. The van der Waals surface area contributed by atoms with Crippen molar-refractivity contribution in [2.45, 2.75) is 122 Å². The van der Waals surface area contributed by atoms with Crippen molar-refractivity contribution in [3.63, 3.8) is 0 Å². The molecule has 0 saturated carbocycles. The van der Waals surface area contributed by atoms with Gasteiger partial charge in [0.15, 0.2) is 0 Å². The van der Waals surface area contributed by atoms with Gasteiger partial charge >= 0.3 is 0 Å². The number of nitrogens with one attached hydrogen (secondary N) is 7. The topological polar surface area (TPSA) is 360 Å². The van der Waals surface area contributed by atoms with Crippen LogP contribution in [0.15, 0.2) is 24.3 Å². The SMILES string of the molecule is CC(C)C[C@H](NC(=O)CCN)C(=O)N[C@H](Cc1ccc(O)cc1)C(=O)N[C@@H](C)C(=O)N[C@H](CO)C(=O)N[C@H](CCCCN)C(=O)N[C@H](CC(C)C)C(=O)N[C@H](CO)C(N)=O. The minimum absolute atomic E-state index is 0.0233. The van der Waals surface area contributed by atoms with Crippen LogP contribution in [-0.4, -0.2) is 131 Å². The van der Waals surface area contributed by atoms with Crippen molar-refractivity contribution in [1.29, 1.82) is 0 Å². The molecule has 16 N–H and O–H groups in total. The van der Waals surface area contributed by atoms with Crippen molar-refractivity contribution in [1.82, 2.24) is 37.2 Å². The first kappa shape index (κ1) is 52.6. The van der Waals surface area contributed by atoms with Crippen molar-refractivity contribution in [3.05, 3.63) is 29.8 Å². The average Bonchev–Trinajstić information content (AvgIpc) is 3.17. The van der Waals surface area contributed by atoms with Crippen LogP contribution in [0.4, 0.5) is 0 Å². The highest BCUT2D eigenvalue weighted by Gasteiger charge is 2.33. The molecule has 0 radical (unpaired) electrons. The third-order valence-electron chi connectivity index (χ3n) is 9.07. The van der Waals surface area contributed by atoms with Crippen LogP contribution >= 0.6 is 0 Å². The van der Waals surface area contributed by atoms with Gasteiger partial charge in [-0.3, -0.25) is 38.4 Å². The molecule has 0 fully saturated rings. The Kier molecular flexibility index (Phi) is 24.0. The molecule has 1 aromatic carbocycles. The predicted molar refractivity (Wildman–Crippen MR) is 220 cm³/mol. The minimum Gasteiger partial charge on any atom is -0.508 e. The van der Waals surface area contributed by atoms with Crippen LogP contribution in [0, 0.1) is 11.8 Å². The lowest BCUT2D eigenvalue weighted by atomic mass is 10.0. The molecule has 0 bridgehead atoms. The number of primary amides is 1. The monoisotopic (exact) mass is 850 g/mol. The zero-order valence-corrected chi connectivity index (χ0v) is 35.1. The van der Waals surface area contributed by atoms with Crippen LogP contribution in [0.25, 0.3) is 0 Å². The summed E-state index contributed by atoms with van der Waals surface area (Å²) in [6.07, 6.45) is 1.13. The van der Waals surface area contributed by atoms with E-state index in [1.807, 2.05) is 13.8 Å². The fourth-order valence-corrected chi connectivity index (χ4v) is 5.81. The summed E-state index contributed by atoms with van der Waals surface area (Å²) >= 11 is 0. The Morgan fingerprint density at radius 2 is 1.00 bits per heavy atom. The van der Waals surface area contributed by atoms with E-state index in [9.17, 15) is 53.7 Å². The van der Waals surface area contributed by atoms with Gasteiger partial charge in [0.1, 0.15) is 48.0 Å². The van der Waals surface area contributed by atoms with E-state index in [2.05, 4.69) is 37.2 Å². The standard InChI is InChI=1S/C39H66N10O11/c1-21(2)16-27(44-32(53)13-15-41)37(58)47-29(18-24-9-11-25(52)12-10-24)36(57)43-23(5)34(55)49-31(20-51)39(60)45-26(8-6-7-14-40)35(56)46-28(17-22(3)4)38(59)48-30(19-50)33(42)54/h9-12,21-23,26-31,50-52H,6-8,13-20,40-41H2,1-5H3,(H2,42,54)(H,43,57)(H,44,53)(H,45,60)(H,46,56)(H,47,58)(H,48,59)(H,49,55)/t23-,26+,27-,28+,29+,30+,31+/m0/s1. The molecule has 1 rings (SSSR count). The highest BCUT2D eigenvalue weighted by molar-refractivity contribution is 5.97. The number of carbonyl (C=O) groups excluding carboxylic acids is 8. The number of phenols is 1. The Hall–Kier alpha value is -5.38. The number of nitrogens with two attached hydrogens (primary N) is 3. The van der Waals surface area contributed by atoms with E-state index in [4.69, 9.17) is 17.2 Å². The summed E-state index contributed by atoms with van der Waals surface area (Å²) in [5, 5.41) is 46.8. The smallest absolute Gasteiger partial charge is 0.245 e. The number of phenolic OH excluding ortho intramolecular Hbond substituents is 1. The van der Waals surface area contributed by atoms with Gasteiger partial charge in [0, 0.05) is 19.4 Å². The number of unbranched alkanes of at least 4 members (excludes halogenated alkanes) is 1. The number of rotatable bonds is 28. The Bertz CT molecular complexity index is 1580. The lowest BCUT2D eigenvalue weighted by Crippen LogP contribution is -2.60.